The highest BCUT2D eigenvalue weighted by Gasteiger charge is 2.19. The van der Waals surface area contributed by atoms with Crippen molar-refractivity contribution in [1.29, 1.82) is 0 Å². The first-order valence-corrected chi connectivity index (χ1v) is 10.1. The van der Waals surface area contributed by atoms with Gasteiger partial charge in [-0.25, -0.2) is 4.68 Å². The normalized spacial score (nSPS) is 11.2. The minimum absolute atomic E-state index is 0.0416. The van der Waals surface area contributed by atoms with Crippen molar-refractivity contribution >= 4 is 27.5 Å². The molecule has 0 radical (unpaired) electrons. The predicted octanol–water partition coefficient (Wildman–Crippen LogP) is 5.77. The third-order valence-electron chi connectivity index (χ3n) is 5.81. The molecule has 0 fully saturated rings. The van der Waals surface area contributed by atoms with Crippen molar-refractivity contribution < 1.29 is 9.66 Å². The maximum Gasteiger partial charge on any atom is 0.269 e. The Morgan fingerprint density at radius 2 is 1.75 bits per heavy atom. The molecule has 2 aromatic heterocycles. The lowest BCUT2D eigenvalue weighted by atomic mass is 10.1. The van der Waals surface area contributed by atoms with Crippen LogP contribution in [0.1, 0.15) is 11.1 Å². The molecule has 0 saturated heterocycles. The van der Waals surface area contributed by atoms with Crippen molar-refractivity contribution in [3.8, 4) is 22.7 Å². The second-order valence-electron chi connectivity index (χ2n) is 7.71. The molecule has 5 rings (SSSR count). The van der Waals surface area contributed by atoms with Crippen LogP contribution in [0, 0.1) is 24.0 Å². The Morgan fingerprint density at radius 1 is 0.969 bits per heavy atom. The molecule has 5 aromatic rings. The predicted molar refractivity (Wildman–Crippen MR) is 124 cm³/mol. The van der Waals surface area contributed by atoms with Crippen molar-refractivity contribution in [1.82, 2.24) is 14.8 Å². The number of nitro benzene ring substituents is 1. The zero-order valence-corrected chi connectivity index (χ0v) is 17.9. The van der Waals surface area contributed by atoms with Gasteiger partial charge in [0.25, 0.3) is 5.69 Å². The molecule has 0 amide bonds. The SMILES string of the molecule is COc1cccc2c1ncc1c(-c3ccc([N+](=O)[O-])cc3)nn(-c3ccc(C)c(C)c3)c12. The summed E-state index contributed by atoms with van der Waals surface area (Å²) in [5, 5.41) is 17.8. The first-order valence-electron chi connectivity index (χ1n) is 10.1. The van der Waals surface area contributed by atoms with Crippen LogP contribution in [0.15, 0.2) is 66.9 Å². The number of non-ortho nitro benzene ring substituents is 1. The molecule has 0 atom stereocenters. The Hall–Kier alpha value is -4.26. The summed E-state index contributed by atoms with van der Waals surface area (Å²) in [6.45, 7) is 4.15. The summed E-state index contributed by atoms with van der Waals surface area (Å²) in [6.07, 6.45) is 1.79. The number of para-hydroxylation sites is 1. The van der Waals surface area contributed by atoms with E-state index < -0.39 is 4.92 Å². The second kappa shape index (κ2) is 7.46. The van der Waals surface area contributed by atoms with Gasteiger partial charge in [0, 0.05) is 34.7 Å². The fraction of sp³-hybridized carbons (Fsp3) is 0.120. The average Bonchev–Trinajstić information content (AvgIpc) is 3.20. The molecule has 7 heteroatoms. The number of hydrogen-bond acceptors (Lipinski definition) is 5. The largest absolute Gasteiger partial charge is 0.494 e. The van der Waals surface area contributed by atoms with Crippen molar-refractivity contribution in [2.75, 3.05) is 7.11 Å². The number of nitrogens with zero attached hydrogens (tertiary/aromatic N) is 4. The fourth-order valence-corrected chi connectivity index (χ4v) is 3.95. The van der Waals surface area contributed by atoms with Crippen LogP contribution in [0.2, 0.25) is 0 Å². The van der Waals surface area contributed by atoms with Crippen molar-refractivity contribution in [2.24, 2.45) is 0 Å². The minimum Gasteiger partial charge on any atom is -0.494 e. The molecule has 0 spiro atoms. The monoisotopic (exact) mass is 424 g/mol. The van der Waals surface area contributed by atoms with Gasteiger partial charge in [0.05, 0.1) is 23.2 Å². The van der Waals surface area contributed by atoms with Gasteiger partial charge >= 0.3 is 0 Å². The zero-order chi connectivity index (χ0) is 22.4. The average molecular weight is 424 g/mol. The number of fused-ring (bicyclic) bond motifs is 3. The lowest BCUT2D eigenvalue weighted by molar-refractivity contribution is -0.384. The second-order valence-corrected chi connectivity index (χ2v) is 7.71. The summed E-state index contributed by atoms with van der Waals surface area (Å²) < 4.78 is 7.45. The van der Waals surface area contributed by atoms with E-state index in [0.29, 0.717) is 11.4 Å². The summed E-state index contributed by atoms with van der Waals surface area (Å²) in [6, 6.07) is 18.5. The third kappa shape index (κ3) is 3.06. The van der Waals surface area contributed by atoms with E-state index in [1.807, 2.05) is 28.9 Å². The lowest BCUT2D eigenvalue weighted by Crippen LogP contribution is -1.99. The van der Waals surface area contributed by atoms with Crippen LogP contribution >= 0.6 is 0 Å². The summed E-state index contributed by atoms with van der Waals surface area (Å²) in [4.78, 5) is 15.3. The number of pyridine rings is 1. The summed E-state index contributed by atoms with van der Waals surface area (Å²) in [5.74, 6) is 0.689. The molecule has 0 aliphatic heterocycles. The molecular weight excluding hydrogens is 404 g/mol. The molecule has 0 aliphatic carbocycles. The van der Waals surface area contributed by atoms with Gasteiger partial charge < -0.3 is 4.74 Å². The first-order chi connectivity index (χ1) is 15.5. The van der Waals surface area contributed by atoms with Gasteiger partial charge in [-0.2, -0.15) is 5.10 Å². The minimum atomic E-state index is -0.406. The number of hydrogen-bond donors (Lipinski definition) is 0. The van der Waals surface area contributed by atoms with Gasteiger partial charge in [0.1, 0.15) is 17.0 Å². The van der Waals surface area contributed by atoms with E-state index in [4.69, 9.17) is 9.84 Å². The van der Waals surface area contributed by atoms with Crippen LogP contribution in [0.4, 0.5) is 5.69 Å². The number of rotatable bonds is 4. The van der Waals surface area contributed by atoms with E-state index >= 15 is 0 Å². The molecule has 0 bridgehead atoms. The highest BCUT2D eigenvalue weighted by Crippen LogP contribution is 2.36. The van der Waals surface area contributed by atoms with E-state index in [-0.39, 0.29) is 5.69 Å². The van der Waals surface area contributed by atoms with Gasteiger partial charge in [-0.1, -0.05) is 18.2 Å². The summed E-state index contributed by atoms with van der Waals surface area (Å²) in [7, 11) is 1.63. The topological polar surface area (TPSA) is 83.1 Å². The number of aromatic nitrogens is 3. The quantitative estimate of drug-likeness (QED) is 0.270. The van der Waals surface area contributed by atoms with Gasteiger partial charge in [0.2, 0.25) is 0 Å². The van der Waals surface area contributed by atoms with Gasteiger partial charge in [-0.3, -0.25) is 15.1 Å². The molecule has 7 nitrogen and oxygen atoms in total. The standard InChI is InChI=1S/C25H20N4O3/c1-15-7-10-19(13-16(15)2)28-25-20-5-4-6-22(32-3)24(20)26-14-21(25)23(27-28)17-8-11-18(12-9-17)29(30)31/h4-14H,1-3H3. The van der Waals surface area contributed by atoms with Crippen LogP contribution in [-0.4, -0.2) is 26.8 Å². The van der Waals surface area contributed by atoms with E-state index in [1.165, 1.54) is 23.3 Å². The van der Waals surface area contributed by atoms with E-state index in [2.05, 4.69) is 31.0 Å². The van der Waals surface area contributed by atoms with Crippen LogP contribution in [0.5, 0.6) is 5.75 Å². The lowest BCUT2D eigenvalue weighted by Gasteiger charge is -2.09. The Bertz CT molecular complexity index is 1500. The number of benzene rings is 3. The van der Waals surface area contributed by atoms with Gasteiger partial charge in [0.15, 0.2) is 0 Å². The van der Waals surface area contributed by atoms with Crippen molar-refractivity contribution in [3.63, 3.8) is 0 Å². The van der Waals surface area contributed by atoms with Gasteiger partial charge in [-0.05, 0) is 55.3 Å². The smallest absolute Gasteiger partial charge is 0.269 e. The molecule has 2 heterocycles. The molecule has 0 saturated carbocycles. The highest BCUT2D eigenvalue weighted by molar-refractivity contribution is 6.10. The number of methoxy groups -OCH3 is 1. The fourth-order valence-electron chi connectivity index (χ4n) is 3.95. The maximum atomic E-state index is 11.1. The number of nitro groups is 1. The van der Waals surface area contributed by atoms with Crippen molar-refractivity contribution in [3.05, 3.63) is 88.1 Å². The Labute approximate surface area is 184 Å². The Morgan fingerprint density at radius 3 is 2.44 bits per heavy atom. The van der Waals surface area contributed by atoms with Crippen LogP contribution in [-0.2, 0) is 0 Å². The third-order valence-corrected chi connectivity index (χ3v) is 5.81. The zero-order valence-electron chi connectivity index (χ0n) is 17.9. The van der Waals surface area contributed by atoms with Gasteiger partial charge in [-0.15, -0.1) is 0 Å². The Balaban J connectivity index is 1.85. The molecule has 3 aromatic carbocycles. The van der Waals surface area contributed by atoms with Crippen LogP contribution in [0.3, 0.4) is 0 Å². The summed E-state index contributed by atoms with van der Waals surface area (Å²) in [5.41, 5.74) is 6.50. The Kier molecular flexibility index (Phi) is 4.59. The molecular formula is C25H20N4O3. The van der Waals surface area contributed by atoms with E-state index in [0.717, 1.165) is 33.1 Å². The maximum absolute atomic E-state index is 11.1. The molecule has 0 aliphatic rings. The number of ether oxygens (including phenoxy) is 1. The van der Waals surface area contributed by atoms with E-state index in [9.17, 15) is 10.1 Å². The summed E-state index contributed by atoms with van der Waals surface area (Å²) >= 11 is 0. The molecule has 0 N–H and O–H groups in total. The highest BCUT2D eigenvalue weighted by atomic mass is 16.6. The van der Waals surface area contributed by atoms with Crippen LogP contribution in [0.25, 0.3) is 38.8 Å². The number of aryl methyl sites for hydroxylation is 2. The molecule has 158 valence electrons. The van der Waals surface area contributed by atoms with Crippen molar-refractivity contribution in [2.45, 2.75) is 13.8 Å². The van der Waals surface area contributed by atoms with E-state index in [1.54, 1.807) is 25.4 Å². The first kappa shape index (κ1) is 19.7. The molecule has 32 heavy (non-hydrogen) atoms. The van der Waals surface area contributed by atoms with Crippen LogP contribution < -0.4 is 4.74 Å². The molecule has 0 unspecified atom stereocenters.